The van der Waals surface area contributed by atoms with Gasteiger partial charge in [-0.25, -0.2) is 13.2 Å². The number of nitrogens with two attached hydrogens (primary N) is 1. The third-order valence-electron chi connectivity index (χ3n) is 3.98. The predicted molar refractivity (Wildman–Crippen MR) is 93.0 cm³/mol. The van der Waals surface area contributed by atoms with E-state index in [1.165, 1.54) is 29.2 Å². The zero-order valence-corrected chi connectivity index (χ0v) is 15.5. The molecule has 1 aromatic rings. The summed E-state index contributed by atoms with van der Waals surface area (Å²) in [5.41, 5.74) is 4.79. The lowest BCUT2D eigenvalue weighted by Crippen LogP contribution is -2.44. The summed E-state index contributed by atoms with van der Waals surface area (Å²) in [6, 6.07) is 5.75. The molecule has 2 N–H and O–H groups in total. The summed E-state index contributed by atoms with van der Waals surface area (Å²) < 4.78 is 30.9. The van der Waals surface area contributed by atoms with Crippen LogP contribution in [0.2, 0.25) is 0 Å². The first-order valence-electron chi connectivity index (χ1n) is 8.12. The third kappa shape index (κ3) is 4.72. The van der Waals surface area contributed by atoms with Crippen LogP contribution in [0.3, 0.4) is 0 Å². The average Bonchev–Trinajstić information content (AvgIpc) is 2.53. The number of hydrogen-bond acceptors (Lipinski definition) is 5. The minimum atomic E-state index is -3.59. The lowest BCUT2D eigenvalue weighted by molar-refractivity contribution is 0.0217. The van der Waals surface area contributed by atoms with Crippen molar-refractivity contribution < 1.29 is 22.7 Å². The molecule has 1 heterocycles. The Hall–Kier alpha value is -2.09. The van der Waals surface area contributed by atoms with Crippen molar-refractivity contribution in [1.82, 2.24) is 4.90 Å². The van der Waals surface area contributed by atoms with E-state index in [2.05, 4.69) is 0 Å². The standard InChI is InChI=1S/C17H24N2O5S/c1-17(2,3)24-16(21)19-9-7-13(8-10-19)25(22,23)14-6-4-5-12(11-14)15(18)20/h4-6,11,13H,7-10H2,1-3H3,(H2,18,20). The number of benzene rings is 1. The molecule has 0 spiro atoms. The van der Waals surface area contributed by atoms with Crippen molar-refractivity contribution in [1.29, 1.82) is 0 Å². The zero-order valence-electron chi connectivity index (χ0n) is 14.7. The van der Waals surface area contributed by atoms with E-state index in [4.69, 9.17) is 10.5 Å². The van der Waals surface area contributed by atoms with Gasteiger partial charge in [0.25, 0.3) is 0 Å². The molecule has 0 aromatic heterocycles. The summed E-state index contributed by atoms with van der Waals surface area (Å²) in [5.74, 6) is -0.670. The Morgan fingerprint density at radius 1 is 1.20 bits per heavy atom. The predicted octanol–water partition coefficient (Wildman–Crippen LogP) is 1.96. The summed E-state index contributed by atoms with van der Waals surface area (Å²) in [6.45, 7) is 5.98. The molecule has 1 aliphatic rings. The zero-order chi connectivity index (χ0) is 18.8. The Kier molecular flexibility index (Phi) is 5.41. The number of amides is 2. The molecule has 1 fully saturated rings. The molecule has 138 valence electrons. The summed E-state index contributed by atoms with van der Waals surface area (Å²) in [4.78, 5) is 24.9. The fraction of sp³-hybridized carbons (Fsp3) is 0.529. The summed E-state index contributed by atoms with van der Waals surface area (Å²) >= 11 is 0. The van der Waals surface area contributed by atoms with Gasteiger partial charge in [-0.3, -0.25) is 4.79 Å². The van der Waals surface area contributed by atoms with E-state index in [-0.39, 0.29) is 10.5 Å². The number of hydrogen-bond donors (Lipinski definition) is 1. The quantitative estimate of drug-likeness (QED) is 0.877. The first-order valence-corrected chi connectivity index (χ1v) is 9.67. The van der Waals surface area contributed by atoms with Crippen molar-refractivity contribution in [2.45, 2.75) is 49.4 Å². The minimum Gasteiger partial charge on any atom is -0.444 e. The van der Waals surface area contributed by atoms with E-state index in [1.54, 1.807) is 20.8 Å². The number of sulfone groups is 1. The summed E-state index contributed by atoms with van der Waals surface area (Å²) in [5, 5.41) is -0.602. The van der Waals surface area contributed by atoms with Crippen LogP contribution in [0.4, 0.5) is 4.79 Å². The molecule has 2 amide bonds. The highest BCUT2D eigenvalue weighted by Gasteiger charge is 2.34. The van der Waals surface area contributed by atoms with Gasteiger partial charge in [0.15, 0.2) is 9.84 Å². The van der Waals surface area contributed by atoms with E-state index < -0.39 is 32.7 Å². The number of likely N-dealkylation sites (tertiary alicyclic amines) is 1. The molecule has 0 atom stereocenters. The van der Waals surface area contributed by atoms with Gasteiger partial charge in [0.2, 0.25) is 5.91 Å². The van der Waals surface area contributed by atoms with Crippen LogP contribution < -0.4 is 5.73 Å². The number of carbonyl (C=O) groups excluding carboxylic acids is 2. The lowest BCUT2D eigenvalue weighted by atomic mass is 10.1. The number of primary amides is 1. The molecule has 8 heteroatoms. The molecule has 0 bridgehead atoms. The monoisotopic (exact) mass is 368 g/mol. The Morgan fingerprint density at radius 3 is 2.32 bits per heavy atom. The van der Waals surface area contributed by atoms with Crippen molar-refractivity contribution in [2.75, 3.05) is 13.1 Å². The second-order valence-corrected chi connectivity index (χ2v) is 9.33. The van der Waals surface area contributed by atoms with Gasteiger partial charge in [-0.2, -0.15) is 0 Å². The highest BCUT2D eigenvalue weighted by molar-refractivity contribution is 7.92. The second kappa shape index (κ2) is 7.03. The van der Waals surface area contributed by atoms with Crippen LogP contribution in [0, 0.1) is 0 Å². The van der Waals surface area contributed by atoms with Crippen molar-refractivity contribution >= 4 is 21.8 Å². The maximum atomic E-state index is 12.8. The minimum absolute atomic E-state index is 0.0829. The number of rotatable bonds is 3. The highest BCUT2D eigenvalue weighted by Crippen LogP contribution is 2.26. The number of carbonyl (C=O) groups is 2. The van der Waals surface area contributed by atoms with E-state index in [0.29, 0.717) is 25.9 Å². The molecule has 0 aliphatic carbocycles. The molecule has 25 heavy (non-hydrogen) atoms. The van der Waals surface area contributed by atoms with Gasteiger partial charge in [0.1, 0.15) is 5.60 Å². The smallest absolute Gasteiger partial charge is 0.410 e. The fourth-order valence-electron chi connectivity index (χ4n) is 2.69. The van der Waals surface area contributed by atoms with Gasteiger partial charge in [0.05, 0.1) is 10.1 Å². The molecule has 0 radical (unpaired) electrons. The van der Waals surface area contributed by atoms with Crippen LogP contribution in [0.5, 0.6) is 0 Å². The van der Waals surface area contributed by atoms with Gasteiger partial charge in [-0.1, -0.05) is 6.07 Å². The molecule has 0 unspecified atom stereocenters. The molecular formula is C17H24N2O5S. The van der Waals surface area contributed by atoms with Gasteiger partial charge in [0, 0.05) is 18.7 Å². The Bertz CT molecular complexity index is 759. The Morgan fingerprint density at radius 2 is 1.80 bits per heavy atom. The van der Waals surface area contributed by atoms with E-state index >= 15 is 0 Å². The van der Waals surface area contributed by atoms with Crippen LogP contribution in [0.1, 0.15) is 44.0 Å². The molecule has 1 saturated heterocycles. The SMILES string of the molecule is CC(C)(C)OC(=O)N1CCC(S(=O)(=O)c2cccc(C(N)=O)c2)CC1. The lowest BCUT2D eigenvalue weighted by Gasteiger charge is -2.33. The molecule has 2 rings (SSSR count). The normalized spacial score (nSPS) is 16.5. The van der Waals surface area contributed by atoms with Crippen molar-refractivity contribution in [3.8, 4) is 0 Å². The van der Waals surface area contributed by atoms with Gasteiger partial charge >= 0.3 is 6.09 Å². The van der Waals surface area contributed by atoms with Gasteiger partial charge < -0.3 is 15.4 Å². The van der Waals surface area contributed by atoms with Crippen LogP contribution >= 0.6 is 0 Å². The molecule has 1 aromatic carbocycles. The number of piperidine rings is 1. The van der Waals surface area contributed by atoms with Crippen LogP contribution in [-0.4, -0.2) is 49.3 Å². The van der Waals surface area contributed by atoms with E-state index in [1.807, 2.05) is 0 Å². The number of ether oxygens (including phenoxy) is 1. The highest BCUT2D eigenvalue weighted by atomic mass is 32.2. The number of nitrogens with zero attached hydrogens (tertiary/aromatic N) is 1. The van der Waals surface area contributed by atoms with E-state index in [0.717, 1.165) is 0 Å². The Labute approximate surface area is 148 Å². The van der Waals surface area contributed by atoms with Crippen molar-refractivity contribution in [3.05, 3.63) is 29.8 Å². The first kappa shape index (κ1) is 19.2. The summed E-state index contributed by atoms with van der Waals surface area (Å²) in [6.07, 6.45) is 0.212. The molecular weight excluding hydrogens is 344 g/mol. The van der Waals surface area contributed by atoms with Crippen LogP contribution in [-0.2, 0) is 14.6 Å². The van der Waals surface area contributed by atoms with Crippen molar-refractivity contribution in [2.24, 2.45) is 5.73 Å². The topological polar surface area (TPSA) is 107 Å². The summed E-state index contributed by atoms with van der Waals surface area (Å²) in [7, 11) is -3.59. The van der Waals surface area contributed by atoms with Crippen LogP contribution in [0.25, 0.3) is 0 Å². The molecule has 0 saturated carbocycles. The van der Waals surface area contributed by atoms with Gasteiger partial charge in [-0.05, 0) is 51.8 Å². The molecule has 7 nitrogen and oxygen atoms in total. The third-order valence-corrected chi connectivity index (χ3v) is 6.24. The van der Waals surface area contributed by atoms with Crippen molar-refractivity contribution in [3.63, 3.8) is 0 Å². The fourth-order valence-corrected chi connectivity index (χ4v) is 4.47. The van der Waals surface area contributed by atoms with Gasteiger partial charge in [-0.15, -0.1) is 0 Å². The average molecular weight is 368 g/mol. The Balaban J connectivity index is 2.08. The first-order chi connectivity index (χ1) is 11.5. The van der Waals surface area contributed by atoms with Crippen LogP contribution in [0.15, 0.2) is 29.2 Å². The maximum Gasteiger partial charge on any atom is 0.410 e. The molecule has 1 aliphatic heterocycles. The maximum absolute atomic E-state index is 12.8. The second-order valence-electron chi connectivity index (χ2n) is 7.10. The van der Waals surface area contributed by atoms with E-state index in [9.17, 15) is 18.0 Å². The largest absolute Gasteiger partial charge is 0.444 e.